The molecule has 1 aliphatic rings. The van der Waals surface area contributed by atoms with E-state index in [0.29, 0.717) is 11.4 Å². The molecule has 3 rings (SSSR count). The average Bonchev–Trinajstić information content (AvgIpc) is 2.94. The first-order valence-corrected chi connectivity index (χ1v) is 6.73. The number of carbonyl (C=O) groups is 1. The molecule has 0 atom stereocenters. The van der Waals surface area contributed by atoms with Crippen LogP contribution < -0.4 is 5.32 Å². The monoisotopic (exact) mass is 271 g/mol. The summed E-state index contributed by atoms with van der Waals surface area (Å²) in [5, 5.41) is 10.2. The Bertz CT molecular complexity index is 616. The first-order chi connectivity index (χ1) is 9.74. The highest BCUT2D eigenvalue weighted by Gasteiger charge is 2.18. The molecule has 20 heavy (non-hydrogen) atoms. The van der Waals surface area contributed by atoms with Crippen LogP contribution in [0.1, 0.15) is 16.2 Å². The van der Waals surface area contributed by atoms with Crippen LogP contribution in [0.3, 0.4) is 0 Å². The van der Waals surface area contributed by atoms with E-state index in [0.717, 1.165) is 37.6 Å². The number of hydrogen-bond acceptors (Lipinski definition) is 4. The summed E-state index contributed by atoms with van der Waals surface area (Å²) < 4.78 is 0. The van der Waals surface area contributed by atoms with Gasteiger partial charge < -0.3 is 10.2 Å². The summed E-state index contributed by atoms with van der Waals surface area (Å²) in [6.45, 7) is 5.06. The fourth-order valence-corrected chi connectivity index (χ4v) is 2.31. The van der Waals surface area contributed by atoms with Crippen molar-refractivity contribution in [3.05, 3.63) is 35.7 Å². The van der Waals surface area contributed by atoms with E-state index >= 15 is 0 Å². The lowest BCUT2D eigenvalue weighted by Gasteiger charge is -2.27. The predicted molar refractivity (Wildman–Crippen MR) is 75.3 cm³/mol. The second kappa shape index (κ2) is 5.42. The van der Waals surface area contributed by atoms with Gasteiger partial charge in [-0.1, -0.05) is 12.1 Å². The highest BCUT2D eigenvalue weighted by atomic mass is 16.2. The molecular formula is C14H17N5O. The van der Waals surface area contributed by atoms with Crippen molar-refractivity contribution in [2.24, 2.45) is 0 Å². The van der Waals surface area contributed by atoms with E-state index in [4.69, 9.17) is 0 Å². The molecule has 1 saturated heterocycles. The third-order valence-corrected chi connectivity index (χ3v) is 3.37. The number of benzene rings is 1. The summed E-state index contributed by atoms with van der Waals surface area (Å²) in [7, 11) is 0. The maximum absolute atomic E-state index is 12.4. The van der Waals surface area contributed by atoms with Gasteiger partial charge in [-0.2, -0.15) is 5.10 Å². The Labute approximate surface area is 117 Å². The lowest BCUT2D eigenvalue weighted by Crippen LogP contribution is -2.46. The van der Waals surface area contributed by atoms with Crippen LogP contribution in [0.4, 0.5) is 0 Å². The van der Waals surface area contributed by atoms with Gasteiger partial charge in [-0.25, -0.2) is 4.98 Å². The standard InChI is InChI=1S/C14H17N5O/c1-10-16-13(18-17-10)11-3-2-4-12(9-11)14(20)19-7-5-15-6-8-19/h2-4,9,15H,5-8H2,1H3,(H,16,17,18). The van der Waals surface area contributed by atoms with Crippen LogP contribution in [-0.2, 0) is 0 Å². The van der Waals surface area contributed by atoms with Crippen molar-refractivity contribution >= 4 is 5.91 Å². The van der Waals surface area contributed by atoms with Crippen molar-refractivity contribution in [1.82, 2.24) is 25.4 Å². The molecule has 2 heterocycles. The maximum atomic E-state index is 12.4. The van der Waals surface area contributed by atoms with Crippen LogP contribution in [0.2, 0.25) is 0 Å². The minimum Gasteiger partial charge on any atom is -0.336 e. The zero-order chi connectivity index (χ0) is 13.9. The Hall–Kier alpha value is -2.21. The van der Waals surface area contributed by atoms with Crippen molar-refractivity contribution in [2.45, 2.75) is 6.92 Å². The van der Waals surface area contributed by atoms with Gasteiger partial charge in [-0.3, -0.25) is 9.89 Å². The predicted octanol–water partition coefficient (Wildman–Crippen LogP) is 0.826. The van der Waals surface area contributed by atoms with Crippen molar-refractivity contribution in [3.63, 3.8) is 0 Å². The Morgan fingerprint density at radius 2 is 2.10 bits per heavy atom. The minimum absolute atomic E-state index is 0.0700. The molecule has 1 aromatic heterocycles. The molecule has 6 heteroatoms. The molecule has 2 N–H and O–H groups in total. The quantitative estimate of drug-likeness (QED) is 0.848. The van der Waals surface area contributed by atoms with Gasteiger partial charge in [0.25, 0.3) is 5.91 Å². The van der Waals surface area contributed by atoms with E-state index < -0.39 is 0 Å². The molecule has 1 fully saturated rings. The summed E-state index contributed by atoms with van der Waals surface area (Å²) >= 11 is 0. The molecule has 1 aliphatic heterocycles. The summed E-state index contributed by atoms with van der Waals surface area (Å²) in [4.78, 5) is 18.6. The molecule has 104 valence electrons. The Morgan fingerprint density at radius 1 is 1.30 bits per heavy atom. The van der Waals surface area contributed by atoms with E-state index in [2.05, 4.69) is 20.5 Å². The van der Waals surface area contributed by atoms with Gasteiger partial charge in [0, 0.05) is 37.3 Å². The molecule has 0 bridgehead atoms. The molecule has 2 aromatic rings. The van der Waals surface area contributed by atoms with Crippen LogP contribution >= 0.6 is 0 Å². The van der Waals surface area contributed by atoms with Crippen LogP contribution in [0.15, 0.2) is 24.3 Å². The summed E-state index contributed by atoms with van der Waals surface area (Å²) in [6.07, 6.45) is 0. The number of hydrogen-bond donors (Lipinski definition) is 2. The minimum atomic E-state index is 0.0700. The van der Waals surface area contributed by atoms with E-state index in [-0.39, 0.29) is 5.91 Å². The Balaban J connectivity index is 1.85. The van der Waals surface area contributed by atoms with E-state index in [9.17, 15) is 4.79 Å². The normalized spacial score (nSPS) is 15.3. The smallest absolute Gasteiger partial charge is 0.253 e. The lowest BCUT2D eigenvalue weighted by atomic mass is 10.1. The maximum Gasteiger partial charge on any atom is 0.253 e. The number of nitrogens with zero attached hydrogens (tertiary/aromatic N) is 3. The number of nitrogens with one attached hydrogen (secondary N) is 2. The van der Waals surface area contributed by atoms with Crippen LogP contribution in [-0.4, -0.2) is 52.2 Å². The van der Waals surface area contributed by atoms with Crippen LogP contribution in [0.5, 0.6) is 0 Å². The SMILES string of the molecule is Cc1nc(-c2cccc(C(=O)N3CCNCC3)c2)n[nH]1. The zero-order valence-electron chi connectivity index (χ0n) is 11.4. The highest BCUT2D eigenvalue weighted by molar-refractivity contribution is 5.95. The first-order valence-electron chi connectivity index (χ1n) is 6.73. The number of aryl methyl sites for hydroxylation is 1. The van der Waals surface area contributed by atoms with Gasteiger partial charge in [0.05, 0.1) is 0 Å². The number of H-pyrrole nitrogens is 1. The fraction of sp³-hybridized carbons (Fsp3) is 0.357. The van der Waals surface area contributed by atoms with Gasteiger partial charge >= 0.3 is 0 Å². The number of carbonyl (C=O) groups excluding carboxylic acids is 1. The zero-order valence-corrected chi connectivity index (χ0v) is 11.4. The number of rotatable bonds is 2. The second-order valence-corrected chi connectivity index (χ2v) is 4.87. The fourth-order valence-electron chi connectivity index (χ4n) is 2.31. The third-order valence-electron chi connectivity index (χ3n) is 3.37. The summed E-state index contributed by atoms with van der Waals surface area (Å²) in [5.41, 5.74) is 1.54. The second-order valence-electron chi connectivity index (χ2n) is 4.87. The molecule has 1 aromatic carbocycles. The number of aromatic amines is 1. The average molecular weight is 271 g/mol. The van der Waals surface area contributed by atoms with Crippen molar-refractivity contribution < 1.29 is 4.79 Å². The topological polar surface area (TPSA) is 73.9 Å². The molecule has 1 amide bonds. The Morgan fingerprint density at radius 3 is 2.80 bits per heavy atom. The summed E-state index contributed by atoms with van der Waals surface area (Å²) in [5.74, 6) is 1.46. The largest absolute Gasteiger partial charge is 0.336 e. The molecule has 0 unspecified atom stereocenters. The third kappa shape index (κ3) is 2.55. The number of piperazine rings is 1. The van der Waals surface area contributed by atoms with Gasteiger partial charge in [0.1, 0.15) is 5.82 Å². The molecular weight excluding hydrogens is 254 g/mol. The molecule has 0 saturated carbocycles. The lowest BCUT2D eigenvalue weighted by molar-refractivity contribution is 0.0736. The van der Waals surface area contributed by atoms with E-state index in [1.165, 1.54) is 0 Å². The molecule has 0 radical (unpaired) electrons. The van der Waals surface area contributed by atoms with E-state index in [1.807, 2.05) is 36.1 Å². The van der Waals surface area contributed by atoms with Gasteiger partial charge in [-0.05, 0) is 19.1 Å². The van der Waals surface area contributed by atoms with Crippen LogP contribution in [0.25, 0.3) is 11.4 Å². The Kier molecular flexibility index (Phi) is 3.47. The van der Waals surface area contributed by atoms with Gasteiger partial charge in [0.15, 0.2) is 5.82 Å². The van der Waals surface area contributed by atoms with Gasteiger partial charge in [0.2, 0.25) is 0 Å². The van der Waals surface area contributed by atoms with Crippen molar-refractivity contribution in [1.29, 1.82) is 0 Å². The number of amides is 1. The molecule has 0 aliphatic carbocycles. The van der Waals surface area contributed by atoms with Gasteiger partial charge in [-0.15, -0.1) is 0 Å². The van der Waals surface area contributed by atoms with Crippen LogP contribution in [0, 0.1) is 6.92 Å². The molecule has 0 spiro atoms. The van der Waals surface area contributed by atoms with E-state index in [1.54, 1.807) is 0 Å². The first kappa shape index (κ1) is 12.8. The van der Waals surface area contributed by atoms with Crippen molar-refractivity contribution in [3.8, 4) is 11.4 Å². The molecule has 6 nitrogen and oxygen atoms in total. The van der Waals surface area contributed by atoms with Crippen molar-refractivity contribution in [2.75, 3.05) is 26.2 Å². The summed E-state index contributed by atoms with van der Waals surface area (Å²) in [6, 6.07) is 7.48. The number of aromatic nitrogens is 3. The highest BCUT2D eigenvalue weighted by Crippen LogP contribution is 2.17.